The first-order valence-electron chi connectivity index (χ1n) is 11.9. The number of hydrogen-bond acceptors (Lipinski definition) is 5. The quantitative estimate of drug-likeness (QED) is 0.330. The van der Waals surface area contributed by atoms with Gasteiger partial charge in [0, 0.05) is 6.54 Å². The second-order valence-corrected chi connectivity index (χ2v) is 8.90. The molecule has 0 unspecified atom stereocenters. The van der Waals surface area contributed by atoms with Gasteiger partial charge in [-0.15, -0.1) is 0 Å². The lowest BCUT2D eigenvalue weighted by molar-refractivity contribution is 0.636. The number of aromatic nitrogens is 5. The molecule has 7 heteroatoms. The van der Waals surface area contributed by atoms with Crippen molar-refractivity contribution in [2.24, 2.45) is 5.10 Å². The highest BCUT2D eigenvalue weighted by Gasteiger charge is 2.21. The molecule has 0 radical (unpaired) electrons. The first-order valence-corrected chi connectivity index (χ1v) is 11.9. The highest BCUT2D eigenvalue weighted by atomic mass is 16.1. The van der Waals surface area contributed by atoms with Gasteiger partial charge in [-0.25, -0.2) is 15.0 Å². The van der Waals surface area contributed by atoms with Crippen LogP contribution in [-0.4, -0.2) is 30.4 Å². The minimum Gasteiger partial charge on any atom is -0.296 e. The van der Waals surface area contributed by atoms with E-state index in [1.54, 1.807) is 15.5 Å². The third-order valence-electron chi connectivity index (χ3n) is 6.40. The van der Waals surface area contributed by atoms with Crippen molar-refractivity contribution in [1.29, 1.82) is 0 Å². The van der Waals surface area contributed by atoms with Crippen LogP contribution in [0.15, 0.2) is 88.8 Å². The third kappa shape index (κ3) is 3.84. The van der Waals surface area contributed by atoms with Crippen molar-refractivity contribution in [2.45, 2.75) is 26.8 Å². The Labute approximate surface area is 207 Å². The van der Waals surface area contributed by atoms with Crippen LogP contribution in [0.4, 0.5) is 0 Å². The van der Waals surface area contributed by atoms with Crippen molar-refractivity contribution in [1.82, 2.24) is 24.2 Å². The highest BCUT2D eigenvalue weighted by Crippen LogP contribution is 2.25. The summed E-state index contributed by atoms with van der Waals surface area (Å²) in [5.41, 5.74) is 6.09. The zero-order chi connectivity index (χ0) is 24.6. The normalized spacial score (nSPS) is 11.8. The predicted molar refractivity (Wildman–Crippen MR) is 144 cm³/mol. The van der Waals surface area contributed by atoms with E-state index in [9.17, 15) is 4.79 Å². The molecule has 7 nitrogen and oxygen atoms in total. The van der Waals surface area contributed by atoms with E-state index in [2.05, 4.69) is 12.1 Å². The van der Waals surface area contributed by atoms with Crippen LogP contribution in [0, 0.1) is 13.8 Å². The lowest BCUT2D eigenvalue weighted by atomic mass is 10.1. The van der Waals surface area contributed by atoms with Crippen LogP contribution < -0.4 is 5.56 Å². The minimum absolute atomic E-state index is 0.132. The van der Waals surface area contributed by atoms with Gasteiger partial charge >= 0.3 is 0 Å². The maximum atomic E-state index is 13.8. The molecule has 0 aliphatic rings. The number of para-hydroxylation sites is 2. The van der Waals surface area contributed by atoms with Crippen LogP contribution in [0.2, 0.25) is 0 Å². The van der Waals surface area contributed by atoms with Crippen LogP contribution in [0.1, 0.15) is 22.5 Å². The Hall–Kier alpha value is -4.65. The van der Waals surface area contributed by atoms with E-state index in [0.29, 0.717) is 34.6 Å². The monoisotopic (exact) mass is 472 g/mol. The van der Waals surface area contributed by atoms with E-state index in [1.165, 1.54) is 11.1 Å². The molecule has 36 heavy (non-hydrogen) atoms. The van der Waals surface area contributed by atoms with Gasteiger partial charge in [-0.05, 0) is 43.5 Å². The Balaban J connectivity index is 1.57. The van der Waals surface area contributed by atoms with Gasteiger partial charge in [0.1, 0.15) is 16.7 Å². The first-order chi connectivity index (χ1) is 17.6. The largest absolute Gasteiger partial charge is 0.296 e. The summed E-state index contributed by atoms with van der Waals surface area (Å²) >= 11 is 0. The molecule has 0 atom stereocenters. The summed E-state index contributed by atoms with van der Waals surface area (Å²) in [6, 6.07) is 25.9. The molecule has 3 aromatic carbocycles. The van der Waals surface area contributed by atoms with Gasteiger partial charge in [0.2, 0.25) is 0 Å². The summed E-state index contributed by atoms with van der Waals surface area (Å²) in [4.78, 5) is 28.3. The minimum atomic E-state index is -0.132. The molecule has 0 saturated heterocycles. The van der Waals surface area contributed by atoms with E-state index >= 15 is 0 Å². The highest BCUT2D eigenvalue weighted by molar-refractivity contribution is 6.05. The molecule has 3 aromatic heterocycles. The SMILES string of the molecule is Cc1ccc(C=Nn2c3nc4ccccc4nc3c3c(=O)n(CCc4ccccc4)c(C)nc32)cc1. The Morgan fingerprint density at radius 2 is 1.50 bits per heavy atom. The Kier molecular flexibility index (Phi) is 5.37. The number of rotatable bonds is 5. The molecule has 0 fully saturated rings. The van der Waals surface area contributed by atoms with Gasteiger partial charge in [0.15, 0.2) is 11.3 Å². The Bertz CT molecular complexity index is 1820. The van der Waals surface area contributed by atoms with Gasteiger partial charge in [-0.2, -0.15) is 9.78 Å². The van der Waals surface area contributed by atoms with Gasteiger partial charge in [-0.3, -0.25) is 9.36 Å². The number of aryl methyl sites for hydroxylation is 3. The van der Waals surface area contributed by atoms with Crippen LogP contribution in [0.5, 0.6) is 0 Å². The van der Waals surface area contributed by atoms with Crippen molar-refractivity contribution in [3.8, 4) is 0 Å². The molecular formula is C29H24N6O. The molecule has 0 N–H and O–H groups in total. The van der Waals surface area contributed by atoms with Crippen molar-refractivity contribution >= 4 is 39.4 Å². The van der Waals surface area contributed by atoms with Crippen molar-refractivity contribution in [2.75, 3.05) is 0 Å². The molecule has 0 aliphatic carbocycles. The fourth-order valence-corrected chi connectivity index (χ4v) is 4.45. The maximum Gasteiger partial charge on any atom is 0.265 e. The van der Waals surface area contributed by atoms with Gasteiger partial charge < -0.3 is 0 Å². The van der Waals surface area contributed by atoms with E-state index in [4.69, 9.17) is 20.1 Å². The number of nitrogens with zero attached hydrogens (tertiary/aromatic N) is 6. The zero-order valence-corrected chi connectivity index (χ0v) is 20.1. The Morgan fingerprint density at radius 3 is 2.25 bits per heavy atom. The number of benzene rings is 3. The molecule has 0 bridgehead atoms. The molecule has 6 aromatic rings. The third-order valence-corrected chi connectivity index (χ3v) is 6.40. The predicted octanol–water partition coefficient (Wildman–Crippen LogP) is 5.04. The molecule has 3 heterocycles. The van der Waals surface area contributed by atoms with Crippen LogP contribution in [0.3, 0.4) is 0 Å². The zero-order valence-electron chi connectivity index (χ0n) is 20.1. The number of hydrogen-bond donors (Lipinski definition) is 0. The van der Waals surface area contributed by atoms with E-state index in [-0.39, 0.29) is 5.56 Å². The lowest BCUT2D eigenvalue weighted by Crippen LogP contribution is -2.25. The standard InChI is InChI=1S/C29H24N6O/c1-19-12-14-22(15-13-19)18-30-35-27-25(26-28(35)33-24-11-7-6-10-23(24)32-26)29(36)34(20(2)31-27)17-16-21-8-4-3-5-9-21/h3-15,18H,16-17H2,1-2H3. The first kappa shape index (κ1) is 21.9. The van der Waals surface area contributed by atoms with Crippen LogP contribution in [0.25, 0.3) is 33.2 Å². The van der Waals surface area contributed by atoms with Crippen molar-refractivity contribution in [3.63, 3.8) is 0 Å². The van der Waals surface area contributed by atoms with Gasteiger partial charge in [0.05, 0.1) is 17.2 Å². The smallest absolute Gasteiger partial charge is 0.265 e. The van der Waals surface area contributed by atoms with E-state index < -0.39 is 0 Å². The van der Waals surface area contributed by atoms with Crippen molar-refractivity contribution in [3.05, 3.63) is 112 Å². The Morgan fingerprint density at radius 1 is 0.806 bits per heavy atom. The molecule has 0 spiro atoms. The molecule has 6 rings (SSSR count). The molecular weight excluding hydrogens is 448 g/mol. The van der Waals surface area contributed by atoms with Crippen molar-refractivity contribution < 1.29 is 0 Å². The summed E-state index contributed by atoms with van der Waals surface area (Å²) in [7, 11) is 0. The van der Waals surface area contributed by atoms with Crippen LogP contribution >= 0.6 is 0 Å². The number of fused-ring (bicyclic) bond motifs is 4. The summed E-state index contributed by atoms with van der Waals surface area (Å²) in [5, 5.41) is 5.15. The topological polar surface area (TPSA) is 78.0 Å². The van der Waals surface area contributed by atoms with Gasteiger partial charge in [0.25, 0.3) is 5.56 Å². The molecule has 176 valence electrons. The summed E-state index contributed by atoms with van der Waals surface area (Å²) in [5.74, 6) is 0.627. The van der Waals surface area contributed by atoms with Crippen LogP contribution in [-0.2, 0) is 13.0 Å². The summed E-state index contributed by atoms with van der Waals surface area (Å²) < 4.78 is 3.36. The fourth-order valence-electron chi connectivity index (χ4n) is 4.45. The fraction of sp³-hybridized carbons (Fsp3) is 0.138. The summed E-state index contributed by atoms with van der Waals surface area (Å²) in [6.07, 6.45) is 2.49. The van der Waals surface area contributed by atoms with Gasteiger partial charge in [-0.1, -0.05) is 72.3 Å². The molecule has 0 aliphatic heterocycles. The maximum absolute atomic E-state index is 13.8. The second-order valence-electron chi connectivity index (χ2n) is 8.90. The van der Waals surface area contributed by atoms with E-state index in [1.807, 2.05) is 80.6 Å². The molecule has 0 amide bonds. The molecule has 0 saturated carbocycles. The van der Waals surface area contributed by atoms with E-state index in [0.717, 1.165) is 23.0 Å². The average molecular weight is 473 g/mol. The lowest BCUT2D eigenvalue weighted by Gasteiger charge is -2.10. The average Bonchev–Trinajstić information content (AvgIpc) is 3.19. The second kappa shape index (κ2) is 8.85. The summed E-state index contributed by atoms with van der Waals surface area (Å²) in [6.45, 7) is 4.43.